The number of hydrogen-bond donors (Lipinski definition) is 1. The number of nitrogens with zero attached hydrogens (tertiary/aromatic N) is 1. The van der Waals surface area contributed by atoms with Gasteiger partial charge in [0.2, 0.25) is 5.30 Å². The van der Waals surface area contributed by atoms with Crippen molar-refractivity contribution < 1.29 is 14.4 Å². The predicted molar refractivity (Wildman–Crippen MR) is 42.6 cm³/mol. The Bertz CT molecular complexity index is 288. The second-order valence-electron chi connectivity index (χ2n) is 2.05. The zero-order valence-corrected chi connectivity index (χ0v) is 6.77. The molecule has 62 valence electrons. The van der Waals surface area contributed by atoms with Gasteiger partial charge in [0.1, 0.15) is 0 Å². The van der Waals surface area contributed by atoms with Gasteiger partial charge < -0.3 is 0 Å². The first-order valence-corrected chi connectivity index (χ1v) is 4.23. The van der Waals surface area contributed by atoms with Gasteiger partial charge in [0.25, 0.3) is 5.69 Å². The molecular formula is C6H5NO4P+. The summed E-state index contributed by atoms with van der Waals surface area (Å²) in [6.07, 6.45) is 0. The van der Waals surface area contributed by atoms with E-state index in [0.29, 0.717) is 0 Å². The summed E-state index contributed by atoms with van der Waals surface area (Å²) in [6, 6.07) is 4.91. The van der Waals surface area contributed by atoms with Crippen molar-refractivity contribution in [3.05, 3.63) is 34.4 Å². The molecule has 0 bridgehead atoms. The van der Waals surface area contributed by atoms with Crippen LogP contribution in [0.1, 0.15) is 0 Å². The highest BCUT2D eigenvalue weighted by Gasteiger charge is 2.16. The Hall–Kier alpha value is -1.32. The van der Waals surface area contributed by atoms with Gasteiger partial charge in [-0.2, -0.15) is 4.89 Å². The Labute approximate surface area is 68.7 Å². The van der Waals surface area contributed by atoms with E-state index in [-0.39, 0.29) is 11.0 Å². The topological polar surface area (TPSA) is 80.4 Å². The fraction of sp³-hybridized carbons (Fsp3) is 0. The normalized spacial score (nSPS) is 10.9. The van der Waals surface area contributed by atoms with Crippen LogP contribution >= 0.6 is 8.03 Å². The monoisotopic (exact) mass is 186 g/mol. The lowest BCUT2D eigenvalue weighted by atomic mass is 10.3. The van der Waals surface area contributed by atoms with Crippen molar-refractivity contribution in [2.45, 2.75) is 0 Å². The molecule has 1 atom stereocenters. The van der Waals surface area contributed by atoms with E-state index in [4.69, 9.17) is 4.89 Å². The third kappa shape index (κ3) is 1.84. The molecule has 6 heteroatoms. The van der Waals surface area contributed by atoms with Gasteiger partial charge in [0.05, 0.1) is 4.92 Å². The van der Waals surface area contributed by atoms with Gasteiger partial charge in [0, 0.05) is 24.3 Å². The van der Waals surface area contributed by atoms with Crippen molar-refractivity contribution in [3.8, 4) is 0 Å². The van der Waals surface area contributed by atoms with Crippen LogP contribution in [0.15, 0.2) is 24.3 Å². The van der Waals surface area contributed by atoms with Crippen molar-refractivity contribution in [2.75, 3.05) is 0 Å². The molecule has 0 aliphatic carbocycles. The summed E-state index contributed by atoms with van der Waals surface area (Å²) in [6.45, 7) is 0. The summed E-state index contributed by atoms with van der Waals surface area (Å²) in [4.78, 5) is 18.2. The van der Waals surface area contributed by atoms with Crippen molar-refractivity contribution >= 4 is 19.0 Å². The largest absolute Gasteiger partial charge is 0.546 e. The van der Waals surface area contributed by atoms with Gasteiger partial charge in [-0.15, -0.1) is 0 Å². The van der Waals surface area contributed by atoms with Crippen LogP contribution in [-0.2, 0) is 4.57 Å². The average molecular weight is 186 g/mol. The lowest BCUT2D eigenvalue weighted by Gasteiger charge is -1.86. The van der Waals surface area contributed by atoms with Crippen LogP contribution in [0, 0.1) is 10.1 Å². The van der Waals surface area contributed by atoms with Crippen molar-refractivity contribution in [2.24, 2.45) is 0 Å². The molecule has 1 rings (SSSR count). The molecule has 0 amide bonds. The molecule has 0 fully saturated rings. The first kappa shape index (κ1) is 8.77. The molecule has 0 heterocycles. The third-order valence-corrected chi connectivity index (χ3v) is 2.02. The molecule has 0 radical (unpaired) electrons. The summed E-state index contributed by atoms with van der Waals surface area (Å²) in [5, 5.41) is 10.3. The summed E-state index contributed by atoms with van der Waals surface area (Å²) in [7, 11) is -2.40. The van der Waals surface area contributed by atoms with Crippen LogP contribution in [0.4, 0.5) is 5.69 Å². The summed E-state index contributed by atoms with van der Waals surface area (Å²) < 4.78 is 10.5. The van der Waals surface area contributed by atoms with Crippen LogP contribution in [0.2, 0.25) is 0 Å². The number of hydrogen-bond acceptors (Lipinski definition) is 3. The van der Waals surface area contributed by atoms with Crippen molar-refractivity contribution in [3.63, 3.8) is 0 Å². The molecule has 0 spiro atoms. The van der Waals surface area contributed by atoms with Gasteiger partial charge in [-0.05, 0) is 4.57 Å². The highest BCUT2D eigenvalue weighted by Crippen LogP contribution is 2.15. The highest BCUT2D eigenvalue weighted by atomic mass is 31.1. The SMILES string of the molecule is O=[N+]([O-])c1ccc([P+](=O)O)cc1. The molecule has 0 aliphatic rings. The maximum atomic E-state index is 10.5. The molecule has 5 nitrogen and oxygen atoms in total. The van der Waals surface area contributed by atoms with Gasteiger partial charge in [0.15, 0.2) is 0 Å². The van der Waals surface area contributed by atoms with E-state index in [0.717, 1.165) is 0 Å². The van der Waals surface area contributed by atoms with E-state index >= 15 is 0 Å². The maximum absolute atomic E-state index is 10.5. The van der Waals surface area contributed by atoms with E-state index in [1.807, 2.05) is 0 Å². The predicted octanol–water partition coefficient (Wildman–Crippen LogP) is 0.955. The quantitative estimate of drug-likeness (QED) is 0.423. The maximum Gasteiger partial charge on any atom is 0.546 e. The Kier molecular flexibility index (Phi) is 2.47. The van der Waals surface area contributed by atoms with Gasteiger partial charge >= 0.3 is 8.03 Å². The van der Waals surface area contributed by atoms with Crippen LogP contribution in [0.3, 0.4) is 0 Å². The summed E-state index contributed by atoms with van der Waals surface area (Å²) >= 11 is 0. The van der Waals surface area contributed by atoms with Crippen molar-refractivity contribution in [1.29, 1.82) is 0 Å². The van der Waals surface area contributed by atoms with Crippen LogP contribution in [0.25, 0.3) is 0 Å². The molecule has 12 heavy (non-hydrogen) atoms. The Morgan fingerprint density at radius 3 is 2.17 bits per heavy atom. The average Bonchev–Trinajstić information content (AvgIpc) is 2.04. The Morgan fingerprint density at radius 1 is 1.33 bits per heavy atom. The number of nitro groups is 1. The molecule has 0 saturated heterocycles. The fourth-order valence-electron chi connectivity index (χ4n) is 0.702. The zero-order chi connectivity index (χ0) is 9.14. The molecule has 0 aromatic heterocycles. The van der Waals surface area contributed by atoms with Gasteiger partial charge in [-0.25, -0.2) is 0 Å². The minimum Gasteiger partial charge on any atom is -0.258 e. The van der Waals surface area contributed by atoms with E-state index in [1.54, 1.807) is 0 Å². The Morgan fingerprint density at radius 2 is 1.83 bits per heavy atom. The minimum absolute atomic E-state index is 0.0874. The number of benzene rings is 1. The molecule has 1 N–H and O–H groups in total. The van der Waals surface area contributed by atoms with Gasteiger partial charge in [-0.1, -0.05) is 0 Å². The van der Waals surface area contributed by atoms with Gasteiger partial charge in [-0.3, -0.25) is 10.1 Å². The van der Waals surface area contributed by atoms with E-state index in [2.05, 4.69) is 0 Å². The molecule has 1 aromatic carbocycles. The Balaban J connectivity index is 3.01. The standard InChI is InChI=1S/C6H4NO4P/c8-7(9)5-1-3-6(4-2-5)12(10)11/h1-4H/p+1. The molecule has 0 saturated carbocycles. The first-order valence-electron chi connectivity index (χ1n) is 3.02. The minimum atomic E-state index is -2.40. The number of non-ortho nitro benzene ring substituents is 1. The van der Waals surface area contributed by atoms with Crippen LogP contribution < -0.4 is 5.30 Å². The highest BCUT2D eigenvalue weighted by molar-refractivity contribution is 7.47. The van der Waals surface area contributed by atoms with Crippen LogP contribution in [0.5, 0.6) is 0 Å². The molecular weight excluding hydrogens is 181 g/mol. The first-order chi connectivity index (χ1) is 5.61. The lowest BCUT2D eigenvalue weighted by molar-refractivity contribution is -0.384. The summed E-state index contributed by atoms with van der Waals surface area (Å²) in [5.41, 5.74) is -0.0874. The van der Waals surface area contributed by atoms with E-state index in [1.165, 1.54) is 24.3 Å². The number of rotatable bonds is 2. The number of nitro benzene ring substituents is 1. The smallest absolute Gasteiger partial charge is 0.258 e. The third-order valence-electron chi connectivity index (χ3n) is 1.28. The van der Waals surface area contributed by atoms with E-state index in [9.17, 15) is 14.7 Å². The zero-order valence-electron chi connectivity index (χ0n) is 5.88. The molecule has 0 aliphatic heterocycles. The lowest BCUT2D eigenvalue weighted by Crippen LogP contribution is -1.96. The molecule has 1 aromatic rings. The van der Waals surface area contributed by atoms with Crippen LogP contribution in [-0.4, -0.2) is 9.82 Å². The van der Waals surface area contributed by atoms with Crippen molar-refractivity contribution in [1.82, 2.24) is 0 Å². The summed E-state index contributed by atoms with van der Waals surface area (Å²) in [5.74, 6) is 0. The second kappa shape index (κ2) is 3.38. The van der Waals surface area contributed by atoms with E-state index < -0.39 is 13.0 Å². The fourth-order valence-corrected chi connectivity index (χ4v) is 1.11. The second-order valence-corrected chi connectivity index (χ2v) is 3.11. The molecule has 1 unspecified atom stereocenters.